The summed E-state index contributed by atoms with van der Waals surface area (Å²) in [6.45, 7) is 11.5. The third-order valence-corrected chi connectivity index (χ3v) is 6.43. The Morgan fingerprint density at radius 1 is 1.07 bits per heavy atom. The molecule has 1 aliphatic rings. The summed E-state index contributed by atoms with van der Waals surface area (Å²) in [5.41, 5.74) is 2.38. The molecule has 4 nitrogen and oxygen atoms in total. The van der Waals surface area contributed by atoms with Crippen LogP contribution < -0.4 is 4.90 Å². The monoisotopic (exact) mass is 401 g/mol. The van der Waals surface area contributed by atoms with Crippen molar-refractivity contribution >= 4 is 17.6 Å². The Morgan fingerprint density at radius 2 is 1.76 bits per heavy atom. The van der Waals surface area contributed by atoms with E-state index in [9.17, 15) is 9.59 Å². The van der Waals surface area contributed by atoms with E-state index < -0.39 is 0 Å². The number of carbonyl (C=O) groups is 2. The van der Waals surface area contributed by atoms with Crippen molar-refractivity contribution in [2.45, 2.75) is 73.1 Å². The molecule has 0 aliphatic carbocycles. The van der Waals surface area contributed by atoms with Crippen LogP contribution in [0.2, 0.25) is 0 Å². The largest absolute Gasteiger partial charge is 0.465 e. The average molecular weight is 402 g/mol. The van der Waals surface area contributed by atoms with E-state index in [1.54, 1.807) is 0 Å². The van der Waals surface area contributed by atoms with Gasteiger partial charge in [0.2, 0.25) is 5.91 Å². The maximum Gasteiger partial charge on any atom is 0.308 e. The summed E-state index contributed by atoms with van der Waals surface area (Å²) in [6, 6.07) is 8.25. The molecule has 3 atom stereocenters. The molecule has 0 spiro atoms. The minimum absolute atomic E-state index is 0.0372. The zero-order valence-corrected chi connectivity index (χ0v) is 18.9. The highest BCUT2D eigenvalue weighted by atomic mass is 16.5. The number of amides is 1. The first-order valence-electron chi connectivity index (χ1n) is 11.4. The Balaban J connectivity index is 1.72. The number of carbonyl (C=O) groups excluding carboxylic acids is 2. The van der Waals surface area contributed by atoms with E-state index in [0.717, 1.165) is 50.8 Å². The Labute approximate surface area is 177 Å². The van der Waals surface area contributed by atoms with Crippen LogP contribution in [0.4, 0.5) is 5.69 Å². The molecule has 0 radical (unpaired) electrons. The topological polar surface area (TPSA) is 46.6 Å². The van der Waals surface area contributed by atoms with Gasteiger partial charge in [0.15, 0.2) is 0 Å². The summed E-state index contributed by atoms with van der Waals surface area (Å²) in [7, 11) is 0. The van der Waals surface area contributed by atoms with Crippen LogP contribution in [-0.2, 0) is 20.7 Å². The molecular formula is C25H39NO3. The number of ether oxygens (including phenoxy) is 1. The van der Waals surface area contributed by atoms with Crippen molar-refractivity contribution in [1.29, 1.82) is 0 Å². The molecule has 2 rings (SSSR count). The van der Waals surface area contributed by atoms with Gasteiger partial charge in [-0.1, -0.05) is 72.1 Å². The minimum atomic E-state index is -0.104. The fourth-order valence-corrected chi connectivity index (χ4v) is 3.98. The fraction of sp³-hybridized carbons (Fsp3) is 0.680. The molecule has 162 valence electrons. The first kappa shape index (κ1) is 23.4. The van der Waals surface area contributed by atoms with Gasteiger partial charge in [0, 0.05) is 18.2 Å². The van der Waals surface area contributed by atoms with Crippen molar-refractivity contribution in [1.82, 2.24) is 0 Å². The number of anilines is 1. The summed E-state index contributed by atoms with van der Waals surface area (Å²) in [4.78, 5) is 26.6. The van der Waals surface area contributed by atoms with Crippen LogP contribution in [0.1, 0.15) is 72.3 Å². The predicted octanol–water partition coefficient (Wildman–Crippen LogP) is 5.63. The number of para-hydroxylation sites is 1. The number of hydrogen-bond donors (Lipinski definition) is 0. The molecule has 0 saturated carbocycles. The highest BCUT2D eigenvalue weighted by Gasteiger charge is 2.30. The first-order valence-corrected chi connectivity index (χ1v) is 11.4. The smallest absolute Gasteiger partial charge is 0.308 e. The first-order chi connectivity index (χ1) is 13.8. The summed E-state index contributed by atoms with van der Waals surface area (Å²) >= 11 is 0. The average Bonchev–Trinajstić information content (AvgIpc) is 3.15. The number of fused-ring (bicyclic) bond motifs is 1. The molecule has 0 saturated heterocycles. The molecule has 1 aliphatic heterocycles. The van der Waals surface area contributed by atoms with Gasteiger partial charge in [0.1, 0.15) is 0 Å². The summed E-state index contributed by atoms with van der Waals surface area (Å²) in [5.74, 6) is 0.940. The van der Waals surface area contributed by atoms with Crippen molar-refractivity contribution < 1.29 is 14.3 Å². The number of rotatable bonds is 11. The zero-order chi connectivity index (χ0) is 21.4. The Bertz CT molecular complexity index is 670. The zero-order valence-electron chi connectivity index (χ0n) is 18.9. The molecule has 1 aromatic carbocycles. The van der Waals surface area contributed by atoms with Gasteiger partial charge < -0.3 is 9.64 Å². The molecule has 0 aromatic heterocycles. The predicted molar refractivity (Wildman–Crippen MR) is 119 cm³/mol. The molecule has 1 amide bonds. The van der Waals surface area contributed by atoms with Gasteiger partial charge in [-0.2, -0.15) is 0 Å². The van der Waals surface area contributed by atoms with Gasteiger partial charge in [-0.3, -0.25) is 9.59 Å². The molecule has 0 N–H and O–H groups in total. The molecule has 1 heterocycles. The number of unbranched alkanes of at least 4 members (excludes halogenated alkanes) is 1. The van der Waals surface area contributed by atoms with E-state index in [4.69, 9.17) is 4.74 Å². The quantitative estimate of drug-likeness (QED) is 0.356. The second-order valence-electron chi connectivity index (χ2n) is 8.98. The maximum atomic E-state index is 13.0. The summed E-state index contributed by atoms with van der Waals surface area (Å²) in [5, 5.41) is 0. The lowest BCUT2D eigenvalue weighted by Crippen LogP contribution is -2.36. The van der Waals surface area contributed by atoms with Crippen LogP contribution in [0.3, 0.4) is 0 Å². The van der Waals surface area contributed by atoms with Crippen LogP contribution in [0, 0.1) is 23.7 Å². The Kier molecular flexibility index (Phi) is 9.19. The van der Waals surface area contributed by atoms with Crippen LogP contribution in [0.15, 0.2) is 24.3 Å². The van der Waals surface area contributed by atoms with Crippen molar-refractivity contribution in [3.63, 3.8) is 0 Å². The second kappa shape index (κ2) is 11.4. The van der Waals surface area contributed by atoms with Crippen molar-refractivity contribution in [2.75, 3.05) is 18.1 Å². The second-order valence-corrected chi connectivity index (χ2v) is 8.98. The van der Waals surface area contributed by atoms with Crippen LogP contribution in [-0.4, -0.2) is 25.0 Å². The van der Waals surface area contributed by atoms with Gasteiger partial charge >= 0.3 is 5.97 Å². The summed E-state index contributed by atoms with van der Waals surface area (Å²) in [6.07, 6.45) is 6.37. The minimum Gasteiger partial charge on any atom is -0.465 e. The van der Waals surface area contributed by atoms with E-state index in [2.05, 4.69) is 32.9 Å². The van der Waals surface area contributed by atoms with Gasteiger partial charge in [-0.05, 0) is 42.7 Å². The van der Waals surface area contributed by atoms with Gasteiger partial charge in [0.05, 0.1) is 12.5 Å². The number of hydrogen-bond acceptors (Lipinski definition) is 3. The SMILES string of the molecule is CCC(CCCCC(C)C(C)C(=O)N1CCc2ccccc21)COC(=O)C(C)C. The van der Waals surface area contributed by atoms with Crippen molar-refractivity contribution in [3.05, 3.63) is 29.8 Å². The van der Waals surface area contributed by atoms with E-state index in [1.807, 2.05) is 30.9 Å². The van der Waals surface area contributed by atoms with E-state index in [0.29, 0.717) is 18.4 Å². The molecule has 0 bridgehead atoms. The third-order valence-electron chi connectivity index (χ3n) is 6.43. The standard InChI is InChI=1S/C25H39NO3/c1-6-21(17-29-25(28)18(2)3)12-8-7-11-19(4)20(5)24(27)26-16-15-22-13-9-10-14-23(22)26/h9-10,13-14,18-21H,6-8,11-12,15-17H2,1-5H3. The van der Waals surface area contributed by atoms with E-state index >= 15 is 0 Å². The maximum absolute atomic E-state index is 13.0. The van der Waals surface area contributed by atoms with E-state index in [-0.39, 0.29) is 23.7 Å². The Hall–Kier alpha value is -1.84. The molecule has 29 heavy (non-hydrogen) atoms. The molecule has 0 fully saturated rings. The molecule has 4 heteroatoms. The van der Waals surface area contributed by atoms with Crippen LogP contribution >= 0.6 is 0 Å². The normalized spacial score (nSPS) is 16.4. The van der Waals surface area contributed by atoms with E-state index in [1.165, 1.54) is 5.56 Å². The lowest BCUT2D eigenvalue weighted by molar-refractivity contribution is -0.148. The van der Waals surface area contributed by atoms with Crippen molar-refractivity contribution in [3.8, 4) is 0 Å². The molecular weight excluding hydrogens is 362 g/mol. The lowest BCUT2D eigenvalue weighted by atomic mass is 9.88. The van der Waals surface area contributed by atoms with Gasteiger partial charge in [-0.15, -0.1) is 0 Å². The fourth-order valence-electron chi connectivity index (χ4n) is 3.98. The third kappa shape index (κ3) is 6.58. The van der Waals surface area contributed by atoms with Crippen molar-refractivity contribution in [2.24, 2.45) is 23.7 Å². The summed E-state index contributed by atoms with van der Waals surface area (Å²) < 4.78 is 5.40. The molecule has 3 unspecified atom stereocenters. The van der Waals surface area contributed by atoms with Gasteiger partial charge in [0.25, 0.3) is 0 Å². The highest BCUT2D eigenvalue weighted by molar-refractivity contribution is 5.96. The number of benzene rings is 1. The van der Waals surface area contributed by atoms with Crippen LogP contribution in [0.5, 0.6) is 0 Å². The lowest BCUT2D eigenvalue weighted by Gasteiger charge is -2.26. The number of esters is 1. The van der Waals surface area contributed by atoms with Gasteiger partial charge in [-0.25, -0.2) is 0 Å². The number of nitrogens with zero attached hydrogens (tertiary/aromatic N) is 1. The molecule has 1 aromatic rings. The Morgan fingerprint density at radius 3 is 2.45 bits per heavy atom. The highest BCUT2D eigenvalue weighted by Crippen LogP contribution is 2.31. The van der Waals surface area contributed by atoms with Crippen LogP contribution in [0.25, 0.3) is 0 Å².